The lowest BCUT2D eigenvalue weighted by Crippen LogP contribution is -2.08. The molecule has 0 spiro atoms. The Morgan fingerprint density at radius 1 is 1.20 bits per heavy atom. The molecule has 0 amide bonds. The third-order valence-corrected chi connectivity index (χ3v) is 3.28. The van der Waals surface area contributed by atoms with Crippen molar-refractivity contribution in [1.82, 2.24) is 0 Å². The van der Waals surface area contributed by atoms with Gasteiger partial charge < -0.3 is 9.84 Å². The second kappa shape index (κ2) is 7.32. The van der Waals surface area contributed by atoms with Gasteiger partial charge in [0.1, 0.15) is 5.75 Å². The standard InChI is InChI=1S/C17H26O3/c1-11(2)10-20-16-7-6-14(9-15(16)12(3)4)13(5)8-17(18)19/h6-7,9,11-13H,8,10H2,1-5H3,(H,18,19). The fourth-order valence-corrected chi connectivity index (χ4v) is 2.09. The van der Waals surface area contributed by atoms with Crippen LogP contribution in [0.25, 0.3) is 0 Å². The molecule has 1 unspecified atom stereocenters. The first-order chi connectivity index (χ1) is 9.31. The molecule has 3 heteroatoms. The highest BCUT2D eigenvalue weighted by Crippen LogP contribution is 2.31. The van der Waals surface area contributed by atoms with Crippen molar-refractivity contribution in [1.29, 1.82) is 0 Å². The maximum absolute atomic E-state index is 10.8. The van der Waals surface area contributed by atoms with Gasteiger partial charge in [0.2, 0.25) is 0 Å². The summed E-state index contributed by atoms with van der Waals surface area (Å²) in [5.41, 5.74) is 2.22. The minimum Gasteiger partial charge on any atom is -0.493 e. The largest absolute Gasteiger partial charge is 0.493 e. The van der Waals surface area contributed by atoms with Crippen molar-refractivity contribution < 1.29 is 14.6 Å². The van der Waals surface area contributed by atoms with E-state index in [0.717, 1.165) is 16.9 Å². The van der Waals surface area contributed by atoms with E-state index >= 15 is 0 Å². The molecule has 0 radical (unpaired) electrons. The lowest BCUT2D eigenvalue weighted by atomic mass is 9.92. The van der Waals surface area contributed by atoms with Crippen LogP contribution in [0.1, 0.15) is 64.0 Å². The molecule has 0 bridgehead atoms. The van der Waals surface area contributed by atoms with Gasteiger partial charge in [-0.2, -0.15) is 0 Å². The zero-order chi connectivity index (χ0) is 15.3. The Morgan fingerprint density at radius 3 is 2.35 bits per heavy atom. The van der Waals surface area contributed by atoms with Crippen molar-refractivity contribution in [2.75, 3.05) is 6.61 Å². The molecule has 0 aromatic heterocycles. The number of rotatable bonds is 7. The number of ether oxygens (including phenoxy) is 1. The van der Waals surface area contributed by atoms with E-state index < -0.39 is 5.97 Å². The van der Waals surface area contributed by atoms with Crippen LogP contribution in [0.3, 0.4) is 0 Å². The van der Waals surface area contributed by atoms with Gasteiger partial charge in [-0.3, -0.25) is 4.79 Å². The summed E-state index contributed by atoms with van der Waals surface area (Å²) in [6, 6.07) is 6.05. The minimum absolute atomic E-state index is 0.0177. The summed E-state index contributed by atoms with van der Waals surface area (Å²) >= 11 is 0. The van der Waals surface area contributed by atoms with E-state index in [4.69, 9.17) is 9.84 Å². The number of aliphatic carboxylic acids is 1. The molecule has 1 aromatic rings. The number of carboxylic acid groups (broad SMARTS) is 1. The zero-order valence-electron chi connectivity index (χ0n) is 13.1. The van der Waals surface area contributed by atoms with Crippen LogP contribution in [0, 0.1) is 5.92 Å². The number of benzene rings is 1. The monoisotopic (exact) mass is 278 g/mol. The molecule has 0 aliphatic heterocycles. The van der Waals surface area contributed by atoms with E-state index in [1.807, 2.05) is 19.1 Å². The van der Waals surface area contributed by atoms with Crippen molar-refractivity contribution in [2.45, 2.75) is 52.9 Å². The van der Waals surface area contributed by atoms with Gasteiger partial charge in [-0.25, -0.2) is 0 Å². The highest BCUT2D eigenvalue weighted by Gasteiger charge is 2.15. The fourth-order valence-electron chi connectivity index (χ4n) is 2.09. The average molecular weight is 278 g/mol. The van der Waals surface area contributed by atoms with Crippen molar-refractivity contribution in [3.8, 4) is 5.75 Å². The topological polar surface area (TPSA) is 46.5 Å². The lowest BCUT2D eigenvalue weighted by molar-refractivity contribution is -0.137. The highest BCUT2D eigenvalue weighted by molar-refractivity contribution is 5.68. The average Bonchev–Trinajstić information content (AvgIpc) is 2.35. The molecule has 1 atom stereocenters. The van der Waals surface area contributed by atoms with E-state index in [1.165, 1.54) is 0 Å². The van der Waals surface area contributed by atoms with Gasteiger partial charge in [0.25, 0.3) is 0 Å². The third-order valence-electron chi connectivity index (χ3n) is 3.28. The van der Waals surface area contributed by atoms with Crippen LogP contribution in [0.2, 0.25) is 0 Å². The van der Waals surface area contributed by atoms with E-state index in [0.29, 0.717) is 18.4 Å². The first kappa shape index (κ1) is 16.5. The molecular formula is C17H26O3. The van der Waals surface area contributed by atoms with Gasteiger partial charge in [0.05, 0.1) is 13.0 Å². The molecule has 3 nitrogen and oxygen atoms in total. The molecule has 112 valence electrons. The SMILES string of the molecule is CC(C)COc1ccc(C(C)CC(=O)O)cc1C(C)C. The van der Waals surface area contributed by atoms with Crippen molar-refractivity contribution in [3.05, 3.63) is 29.3 Å². The van der Waals surface area contributed by atoms with Crippen LogP contribution in [0.15, 0.2) is 18.2 Å². The molecule has 0 saturated carbocycles. The summed E-state index contributed by atoms with van der Waals surface area (Å²) in [4.78, 5) is 10.8. The summed E-state index contributed by atoms with van der Waals surface area (Å²) in [6.45, 7) is 11.1. The predicted molar refractivity (Wildman–Crippen MR) is 81.5 cm³/mol. The van der Waals surface area contributed by atoms with Gasteiger partial charge in [0, 0.05) is 0 Å². The maximum atomic E-state index is 10.8. The van der Waals surface area contributed by atoms with Crippen LogP contribution in [-0.4, -0.2) is 17.7 Å². The molecule has 1 rings (SSSR count). The summed E-state index contributed by atoms with van der Waals surface area (Å²) in [5.74, 6) is 1.02. The quantitative estimate of drug-likeness (QED) is 0.803. The molecule has 0 fully saturated rings. The number of carbonyl (C=O) groups is 1. The summed E-state index contributed by atoms with van der Waals surface area (Å²) in [5, 5.41) is 8.90. The summed E-state index contributed by atoms with van der Waals surface area (Å²) in [7, 11) is 0. The molecule has 0 saturated heterocycles. The van der Waals surface area contributed by atoms with Crippen LogP contribution >= 0.6 is 0 Å². The number of carboxylic acids is 1. The minimum atomic E-state index is -0.760. The predicted octanol–water partition coefficient (Wildman–Crippen LogP) is 4.42. The second-order valence-corrected chi connectivity index (χ2v) is 6.16. The van der Waals surface area contributed by atoms with E-state index in [1.54, 1.807) is 0 Å². The Bertz CT molecular complexity index is 450. The highest BCUT2D eigenvalue weighted by atomic mass is 16.5. The van der Waals surface area contributed by atoms with Gasteiger partial charge >= 0.3 is 5.97 Å². The second-order valence-electron chi connectivity index (χ2n) is 6.16. The molecule has 0 heterocycles. The van der Waals surface area contributed by atoms with Crippen molar-refractivity contribution >= 4 is 5.97 Å². The third kappa shape index (κ3) is 4.87. The molecule has 0 aliphatic carbocycles. The van der Waals surface area contributed by atoms with Crippen LogP contribution in [-0.2, 0) is 4.79 Å². The van der Waals surface area contributed by atoms with Crippen LogP contribution in [0.5, 0.6) is 5.75 Å². The Balaban J connectivity index is 2.97. The van der Waals surface area contributed by atoms with Gasteiger partial charge in [-0.05, 0) is 34.9 Å². The van der Waals surface area contributed by atoms with Gasteiger partial charge in [-0.1, -0.05) is 46.8 Å². The first-order valence-corrected chi connectivity index (χ1v) is 7.29. The van der Waals surface area contributed by atoms with E-state index in [2.05, 4.69) is 33.8 Å². The smallest absolute Gasteiger partial charge is 0.303 e. The number of hydrogen-bond acceptors (Lipinski definition) is 2. The lowest BCUT2D eigenvalue weighted by Gasteiger charge is -2.18. The van der Waals surface area contributed by atoms with Gasteiger partial charge in [-0.15, -0.1) is 0 Å². The first-order valence-electron chi connectivity index (χ1n) is 7.29. The van der Waals surface area contributed by atoms with Crippen molar-refractivity contribution in [2.24, 2.45) is 5.92 Å². The Labute approximate surface area is 122 Å². The molecule has 0 aliphatic rings. The Hall–Kier alpha value is -1.51. The Morgan fingerprint density at radius 2 is 1.85 bits per heavy atom. The number of hydrogen-bond donors (Lipinski definition) is 1. The fraction of sp³-hybridized carbons (Fsp3) is 0.588. The molecular weight excluding hydrogens is 252 g/mol. The van der Waals surface area contributed by atoms with E-state index in [9.17, 15) is 4.79 Å². The molecule has 1 aromatic carbocycles. The van der Waals surface area contributed by atoms with Gasteiger partial charge in [0.15, 0.2) is 0 Å². The molecule has 1 N–H and O–H groups in total. The van der Waals surface area contributed by atoms with Crippen LogP contribution < -0.4 is 4.74 Å². The van der Waals surface area contributed by atoms with E-state index in [-0.39, 0.29) is 12.3 Å². The van der Waals surface area contributed by atoms with Crippen molar-refractivity contribution in [3.63, 3.8) is 0 Å². The Kier molecular flexibility index (Phi) is 6.05. The zero-order valence-corrected chi connectivity index (χ0v) is 13.1. The maximum Gasteiger partial charge on any atom is 0.303 e. The summed E-state index contributed by atoms with van der Waals surface area (Å²) in [6.07, 6.45) is 0.156. The summed E-state index contributed by atoms with van der Waals surface area (Å²) < 4.78 is 5.86. The molecule has 20 heavy (non-hydrogen) atoms. The normalized spacial score (nSPS) is 12.8. The van der Waals surface area contributed by atoms with Crippen LogP contribution in [0.4, 0.5) is 0 Å².